The van der Waals surface area contributed by atoms with Gasteiger partial charge >= 0.3 is 0 Å². The lowest BCUT2D eigenvalue weighted by Gasteiger charge is -2.32. The van der Waals surface area contributed by atoms with E-state index < -0.39 is 5.79 Å². The molecule has 0 amide bonds. The Morgan fingerprint density at radius 3 is 2.90 bits per heavy atom. The van der Waals surface area contributed by atoms with Crippen molar-refractivity contribution in [2.75, 3.05) is 0 Å². The summed E-state index contributed by atoms with van der Waals surface area (Å²) >= 11 is 5.50. The van der Waals surface area contributed by atoms with Crippen molar-refractivity contribution in [3.63, 3.8) is 0 Å². The Hall–Kier alpha value is -0.420. The van der Waals surface area contributed by atoms with E-state index in [4.69, 9.17) is 17.3 Å². The Morgan fingerprint density at radius 1 is 1.90 bits per heavy atom. The number of hydrogen-bond donors (Lipinski definition) is 2. The van der Waals surface area contributed by atoms with Gasteiger partial charge in [0.05, 0.1) is 0 Å². The molecule has 0 aromatic carbocycles. The fourth-order valence-electron chi connectivity index (χ4n) is 0.627. The predicted molar refractivity (Wildman–Crippen MR) is 39.4 cm³/mol. The molecule has 0 radical (unpaired) electrons. The van der Waals surface area contributed by atoms with Crippen molar-refractivity contribution in [3.05, 3.63) is 17.5 Å². The average molecular weight is 162 g/mol. The summed E-state index contributed by atoms with van der Waals surface area (Å²) in [4.78, 5) is 3.72. The molecular weight excluding hydrogens is 154 g/mol. The van der Waals surface area contributed by atoms with Crippen molar-refractivity contribution in [3.8, 4) is 0 Å². The highest BCUT2D eigenvalue weighted by atomic mass is 35.5. The van der Waals surface area contributed by atoms with E-state index in [9.17, 15) is 5.21 Å². The zero-order valence-corrected chi connectivity index (χ0v) is 6.22. The first-order valence-corrected chi connectivity index (χ1v) is 3.17. The van der Waals surface area contributed by atoms with Crippen LogP contribution in [0.3, 0.4) is 0 Å². The number of allylic oxidation sites excluding steroid dienone is 1. The maximum Gasteiger partial charge on any atom is 0.248 e. The van der Waals surface area contributed by atoms with Crippen LogP contribution in [0.2, 0.25) is 0 Å². The highest BCUT2D eigenvalue weighted by molar-refractivity contribution is 6.68. The molecule has 10 heavy (non-hydrogen) atoms. The van der Waals surface area contributed by atoms with Crippen LogP contribution in [0, 0.1) is 5.21 Å². The van der Waals surface area contributed by atoms with Crippen molar-refractivity contribution in [1.29, 1.82) is 0 Å². The second-order valence-electron chi connectivity index (χ2n) is 2.28. The summed E-state index contributed by atoms with van der Waals surface area (Å²) in [6, 6.07) is 0. The van der Waals surface area contributed by atoms with Gasteiger partial charge < -0.3 is 10.3 Å². The number of nitrogens with one attached hydrogen (secondary N) is 1. The number of hydrogen-bond acceptors (Lipinski definition) is 3. The third-order valence-corrected chi connectivity index (χ3v) is 1.42. The molecule has 2 unspecified atom stereocenters. The molecule has 56 valence electrons. The van der Waals surface area contributed by atoms with Crippen LogP contribution in [0.1, 0.15) is 6.92 Å². The molecule has 1 rings (SSSR count). The third-order valence-electron chi connectivity index (χ3n) is 1.21. The van der Waals surface area contributed by atoms with Crippen molar-refractivity contribution < 1.29 is 5.06 Å². The zero-order valence-electron chi connectivity index (χ0n) is 5.47. The minimum absolute atomic E-state index is 0.225. The van der Waals surface area contributed by atoms with Gasteiger partial charge in [-0.05, 0) is 0 Å². The van der Waals surface area contributed by atoms with E-state index in [1.165, 1.54) is 19.2 Å². The Morgan fingerprint density at radius 2 is 2.50 bits per heavy atom. The Balaban J connectivity index is 2.88. The van der Waals surface area contributed by atoms with Gasteiger partial charge in [-0.15, -0.1) is 0 Å². The topological polar surface area (TPSA) is 65.9 Å². The number of nitrogens with zero attached hydrogens (tertiary/aromatic N) is 1. The molecule has 1 aliphatic rings. The van der Waals surface area contributed by atoms with Gasteiger partial charge in [0.1, 0.15) is 11.4 Å². The van der Waals surface area contributed by atoms with E-state index in [1.807, 2.05) is 0 Å². The van der Waals surface area contributed by atoms with Gasteiger partial charge in [0.2, 0.25) is 5.79 Å². The van der Waals surface area contributed by atoms with Gasteiger partial charge in [-0.1, -0.05) is 11.6 Å². The Bertz CT molecular complexity index is 199. The molecule has 0 saturated heterocycles. The first-order valence-electron chi connectivity index (χ1n) is 2.79. The van der Waals surface area contributed by atoms with Gasteiger partial charge in [0, 0.05) is 13.0 Å². The number of halogens is 1. The number of aliphatic imine (C=N–C) groups is 1. The second-order valence-corrected chi connectivity index (χ2v) is 2.67. The molecule has 1 heterocycles. The molecule has 5 heteroatoms. The lowest BCUT2D eigenvalue weighted by atomic mass is 10.4. The minimum atomic E-state index is -1.16. The molecular formula is C5H8ClN3O. The Labute approximate surface area is 63.6 Å². The van der Waals surface area contributed by atoms with Crippen LogP contribution in [0.25, 0.3) is 0 Å². The normalized spacial score (nSPS) is 39.6. The highest BCUT2D eigenvalue weighted by Gasteiger charge is 2.26. The molecule has 0 aromatic rings. The van der Waals surface area contributed by atoms with Crippen LogP contribution in [0.15, 0.2) is 17.3 Å². The van der Waals surface area contributed by atoms with Crippen molar-refractivity contribution in [2.24, 2.45) is 10.7 Å². The average Bonchev–Trinajstić information content (AvgIpc) is 1.78. The molecule has 1 aliphatic heterocycles. The van der Waals surface area contributed by atoms with Crippen LogP contribution in [0.5, 0.6) is 0 Å². The highest BCUT2D eigenvalue weighted by Crippen LogP contribution is 2.00. The predicted octanol–water partition coefficient (Wildman–Crippen LogP) is -0.834. The van der Waals surface area contributed by atoms with Crippen LogP contribution < -0.4 is 10.8 Å². The fourth-order valence-corrected chi connectivity index (χ4v) is 0.866. The van der Waals surface area contributed by atoms with Gasteiger partial charge in [-0.3, -0.25) is 5.73 Å². The molecule has 0 spiro atoms. The lowest BCUT2D eigenvalue weighted by Crippen LogP contribution is -3.14. The SMILES string of the molecule is CC1(N)N=C(Cl)C=C[NH+]1[O-]. The monoisotopic (exact) mass is 161 g/mol. The largest absolute Gasteiger partial charge is 0.626 e. The summed E-state index contributed by atoms with van der Waals surface area (Å²) in [5, 5.41) is 10.9. The quantitative estimate of drug-likeness (QED) is 0.456. The number of quaternary nitrogens is 1. The Kier molecular flexibility index (Phi) is 1.78. The molecule has 0 aromatic heterocycles. The summed E-state index contributed by atoms with van der Waals surface area (Å²) in [6.07, 6.45) is 2.76. The fraction of sp³-hybridized carbons (Fsp3) is 0.400. The summed E-state index contributed by atoms with van der Waals surface area (Å²) < 4.78 is 0. The zero-order chi connectivity index (χ0) is 7.78. The lowest BCUT2D eigenvalue weighted by molar-refractivity contribution is -0.851. The summed E-state index contributed by atoms with van der Waals surface area (Å²) in [5.41, 5.74) is 5.44. The van der Waals surface area contributed by atoms with Crippen LogP contribution in [-0.2, 0) is 0 Å². The molecule has 0 bridgehead atoms. The number of hydroxylamine groups is 2. The van der Waals surface area contributed by atoms with E-state index in [0.29, 0.717) is 0 Å². The molecule has 2 atom stereocenters. The van der Waals surface area contributed by atoms with Crippen LogP contribution in [-0.4, -0.2) is 11.0 Å². The van der Waals surface area contributed by atoms with Gasteiger partial charge in [0.15, 0.2) is 0 Å². The van der Waals surface area contributed by atoms with Gasteiger partial charge in [-0.25, -0.2) is 0 Å². The standard InChI is InChI=1S/C5H8ClN3O/c1-5(7)8-4(6)2-3-9(5)10/h2-3,9H,7H2,1H3. The van der Waals surface area contributed by atoms with Crippen LogP contribution >= 0.6 is 11.6 Å². The van der Waals surface area contributed by atoms with Crippen LogP contribution in [0.4, 0.5) is 0 Å². The van der Waals surface area contributed by atoms with E-state index in [1.54, 1.807) is 0 Å². The van der Waals surface area contributed by atoms with Gasteiger partial charge in [0.25, 0.3) is 0 Å². The summed E-state index contributed by atoms with van der Waals surface area (Å²) in [5.74, 6) is -1.16. The second kappa shape index (κ2) is 2.32. The summed E-state index contributed by atoms with van der Waals surface area (Å²) in [6.45, 7) is 1.52. The maximum absolute atomic E-state index is 10.9. The molecule has 0 saturated carbocycles. The number of nitrogens with two attached hydrogens (primary N) is 1. The van der Waals surface area contributed by atoms with Crippen molar-refractivity contribution >= 4 is 16.8 Å². The van der Waals surface area contributed by atoms with Gasteiger partial charge in [-0.2, -0.15) is 4.99 Å². The smallest absolute Gasteiger partial charge is 0.248 e. The number of rotatable bonds is 0. The first kappa shape index (κ1) is 7.68. The molecule has 3 N–H and O–H groups in total. The van der Waals surface area contributed by atoms with E-state index in [0.717, 1.165) is 0 Å². The maximum atomic E-state index is 10.9. The van der Waals surface area contributed by atoms with E-state index >= 15 is 0 Å². The van der Waals surface area contributed by atoms with E-state index in [2.05, 4.69) is 4.99 Å². The molecule has 0 aliphatic carbocycles. The van der Waals surface area contributed by atoms with Crippen molar-refractivity contribution in [2.45, 2.75) is 12.7 Å². The first-order chi connectivity index (χ1) is 4.52. The summed E-state index contributed by atoms with van der Waals surface area (Å²) in [7, 11) is 0. The minimum Gasteiger partial charge on any atom is -0.626 e. The van der Waals surface area contributed by atoms with E-state index in [-0.39, 0.29) is 10.2 Å². The van der Waals surface area contributed by atoms with Crippen molar-refractivity contribution in [1.82, 2.24) is 0 Å². The molecule has 4 nitrogen and oxygen atoms in total. The third kappa shape index (κ3) is 1.35. The molecule has 0 fully saturated rings.